The van der Waals surface area contributed by atoms with Crippen LogP contribution in [0.1, 0.15) is 31.4 Å². The van der Waals surface area contributed by atoms with E-state index in [1.807, 2.05) is 5.48 Å². The monoisotopic (exact) mass is 496 g/mol. The first-order chi connectivity index (χ1) is 15.0. The summed E-state index contributed by atoms with van der Waals surface area (Å²) in [7, 11) is 0. The van der Waals surface area contributed by atoms with Crippen LogP contribution in [-0.4, -0.2) is 46.3 Å². The van der Waals surface area contributed by atoms with Gasteiger partial charge < -0.3 is 11.1 Å². The van der Waals surface area contributed by atoms with E-state index >= 15 is 0 Å². The smallest absolute Gasteiger partial charge is 0.229 e. The van der Waals surface area contributed by atoms with Crippen molar-refractivity contribution in [2.24, 2.45) is 21.6 Å². The molecule has 3 rings (SSSR count). The van der Waals surface area contributed by atoms with Crippen LogP contribution in [0.3, 0.4) is 0 Å². The highest BCUT2D eigenvalue weighted by Crippen LogP contribution is 2.25. The molecule has 0 spiro atoms. The Bertz CT molecular complexity index is 974. The predicted molar refractivity (Wildman–Crippen MR) is 115 cm³/mol. The molecule has 0 unspecified atom stereocenters. The molecule has 6 N–H and O–H groups in total. The first kappa shape index (κ1) is 22.6. The second kappa shape index (κ2) is 10.8. The van der Waals surface area contributed by atoms with Crippen LogP contribution in [0.25, 0.3) is 0 Å². The number of benzene rings is 1. The summed E-state index contributed by atoms with van der Waals surface area (Å²) in [6.07, 6.45) is 3.86. The normalized spacial score (nSPS) is 15.2. The van der Waals surface area contributed by atoms with Crippen LogP contribution in [-0.2, 0) is 4.79 Å². The molecule has 1 heterocycles. The maximum Gasteiger partial charge on any atom is 0.229 e. The number of hydroxylamine groups is 1. The number of carbonyl (C=O) groups excluding carboxylic acids is 1. The molecule has 13 heteroatoms. The summed E-state index contributed by atoms with van der Waals surface area (Å²) < 4.78 is 18.3. The van der Waals surface area contributed by atoms with Gasteiger partial charge in [-0.2, -0.15) is 0 Å². The van der Waals surface area contributed by atoms with Crippen molar-refractivity contribution in [1.82, 2.24) is 21.1 Å². The third kappa shape index (κ3) is 6.21. The number of amidine groups is 1. The van der Waals surface area contributed by atoms with E-state index in [0.717, 1.165) is 25.7 Å². The highest BCUT2D eigenvalue weighted by molar-refractivity contribution is 9.10. The molecule has 31 heavy (non-hydrogen) atoms. The highest BCUT2D eigenvalue weighted by atomic mass is 79.9. The zero-order valence-corrected chi connectivity index (χ0v) is 18.0. The number of aliphatic imine (C=N–C) groups is 2. The van der Waals surface area contributed by atoms with Gasteiger partial charge in [0.15, 0.2) is 17.5 Å². The molecule has 1 amide bonds. The van der Waals surface area contributed by atoms with Gasteiger partial charge in [-0.15, -0.1) is 0 Å². The van der Waals surface area contributed by atoms with Gasteiger partial charge in [-0.1, -0.05) is 12.8 Å². The lowest BCUT2D eigenvalue weighted by Crippen LogP contribution is -2.40. The van der Waals surface area contributed by atoms with Crippen LogP contribution in [0.5, 0.6) is 0 Å². The number of aromatic nitrogens is 2. The number of nitrogens with one attached hydrogen (secondary N) is 3. The van der Waals surface area contributed by atoms with Crippen LogP contribution >= 0.6 is 15.9 Å². The third-order valence-corrected chi connectivity index (χ3v) is 5.23. The van der Waals surface area contributed by atoms with E-state index in [9.17, 15) is 14.4 Å². The summed E-state index contributed by atoms with van der Waals surface area (Å²) in [5.41, 5.74) is 8.15. The molecule has 11 nitrogen and oxygen atoms in total. The molecule has 1 fully saturated rings. The number of anilines is 1. The van der Waals surface area contributed by atoms with Crippen molar-refractivity contribution >= 4 is 45.1 Å². The number of hydrogen-bond donors (Lipinski definition) is 5. The Kier molecular flexibility index (Phi) is 7.89. The topological polar surface area (TPSA) is 163 Å². The van der Waals surface area contributed by atoms with Gasteiger partial charge in [0.05, 0.1) is 16.7 Å². The Morgan fingerprint density at radius 1 is 1.35 bits per heavy atom. The molecule has 0 bridgehead atoms. The number of carbonyl (C=O) groups is 1. The van der Waals surface area contributed by atoms with Crippen LogP contribution < -0.4 is 21.8 Å². The molecule has 0 radical (unpaired) electrons. The number of rotatable bonds is 7. The minimum atomic E-state index is -0.442. The average molecular weight is 497 g/mol. The van der Waals surface area contributed by atoms with Crippen molar-refractivity contribution < 1.29 is 19.0 Å². The van der Waals surface area contributed by atoms with Crippen molar-refractivity contribution in [1.29, 1.82) is 0 Å². The lowest BCUT2D eigenvalue weighted by molar-refractivity contribution is -0.123. The Hall–Kier alpha value is -3.06. The fourth-order valence-corrected chi connectivity index (χ4v) is 3.45. The van der Waals surface area contributed by atoms with Crippen LogP contribution in [0.4, 0.5) is 15.9 Å². The second-order valence-electron chi connectivity index (χ2n) is 6.80. The van der Waals surface area contributed by atoms with Gasteiger partial charge in [-0.3, -0.25) is 25.8 Å². The predicted octanol–water partition coefficient (Wildman–Crippen LogP) is 2.06. The van der Waals surface area contributed by atoms with E-state index in [-0.39, 0.29) is 46.1 Å². The average Bonchev–Trinajstić information content (AvgIpc) is 3.44. The van der Waals surface area contributed by atoms with Crippen LogP contribution in [0.15, 0.2) is 37.3 Å². The molecule has 1 saturated carbocycles. The number of nitrogens with two attached hydrogens (primary N) is 1. The maximum atomic E-state index is 13.4. The fraction of sp³-hybridized carbons (Fsp3) is 0.389. The van der Waals surface area contributed by atoms with Crippen LogP contribution in [0.2, 0.25) is 0 Å². The Labute approximate surface area is 185 Å². The molecule has 1 aromatic heterocycles. The number of nitrogens with zero attached hydrogens (tertiary/aromatic N) is 4. The van der Waals surface area contributed by atoms with Gasteiger partial charge in [0.25, 0.3) is 0 Å². The minimum Gasteiger partial charge on any atom is -0.370 e. The van der Waals surface area contributed by atoms with Gasteiger partial charge in [-0.05, 0) is 57.3 Å². The second-order valence-corrected chi connectivity index (χ2v) is 7.65. The lowest BCUT2D eigenvalue weighted by Gasteiger charge is -2.09. The summed E-state index contributed by atoms with van der Waals surface area (Å²) in [5.74, 6) is -0.349. The van der Waals surface area contributed by atoms with E-state index in [1.54, 1.807) is 0 Å². The molecule has 1 aliphatic rings. The Balaban J connectivity index is 1.57. The molecule has 2 aromatic rings. The molecule has 1 aromatic carbocycles. The largest absolute Gasteiger partial charge is 0.370 e. The number of hydrogen-bond acceptors (Lipinski definition) is 8. The number of guanidine groups is 1. The molecule has 166 valence electrons. The summed E-state index contributed by atoms with van der Waals surface area (Å²) >= 11 is 3.07. The standard InChI is InChI=1S/C18H22BrFN8O3/c19-12-9-11(5-6-13(12)20)24-16(26-30)14-15(28-31-27-14)22-7-8-23-18(21)25-17(29)10-3-1-2-4-10/h5-6,9-10,30H,1-4,7-8H2,(H,22,28)(H,24,26)(H3,21,23,25,29). The molecular weight excluding hydrogens is 475 g/mol. The molecular formula is C18H22BrFN8O3. The summed E-state index contributed by atoms with van der Waals surface area (Å²) in [6.45, 7) is 0.537. The molecule has 1 aliphatic carbocycles. The summed E-state index contributed by atoms with van der Waals surface area (Å²) in [6, 6.07) is 4.09. The van der Waals surface area contributed by atoms with Crippen LogP contribution in [0, 0.1) is 11.7 Å². The van der Waals surface area contributed by atoms with E-state index in [0.29, 0.717) is 12.2 Å². The zero-order chi connectivity index (χ0) is 22.2. The summed E-state index contributed by atoms with van der Waals surface area (Å²) in [4.78, 5) is 20.3. The minimum absolute atomic E-state index is 0.000980. The van der Waals surface area contributed by atoms with E-state index in [4.69, 9.17) is 10.4 Å². The lowest BCUT2D eigenvalue weighted by atomic mass is 10.1. The Morgan fingerprint density at radius 3 is 2.84 bits per heavy atom. The highest BCUT2D eigenvalue weighted by Gasteiger charge is 2.23. The van der Waals surface area contributed by atoms with Crippen molar-refractivity contribution in [3.05, 3.63) is 34.2 Å². The van der Waals surface area contributed by atoms with E-state index in [2.05, 4.69) is 46.9 Å². The summed E-state index contributed by atoms with van der Waals surface area (Å²) in [5, 5.41) is 22.4. The van der Waals surface area contributed by atoms with E-state index < -0.39 is 5.82 Å². The SMILES string of the molecule is NC(=NCCNc1nonc1C(=Nc1ccc(F)c(Br)c1)NO)NC(=O)C1CCCC1. The van der Waals surface area contributed by atoms with Crippen molar-refractivity contribution in [2.75, 3.05) is 18.4 Å². The molecule has 0 atom stereocenters. The molecule has 0 aliphatic heterocycles. The number of halogens is 2. The first-order valence-corrected chi connectivity index (χ1v) is 10.4. The van der Waals surface area contributed by atoms with Crippen molar-refractivity contribution in [3.8, 4) is 0 Å². The Morgan fingerprint density at radius 2 is 2.13 bits per heavy atom. The quantitative estimate of drug-likeness (QED) is 0.168. The van der Waals surface area contributed by atoms with Gasteiger partial charge in [0, 0.05) is 12.5 Å². The third-order valence-electron chi connectivity index (χ3n) is 4.63. The van der Waals surface area contributed by atoms with Gasteiger partial charge in [0.1, 0.15) is 5.82 Å². The zero-order valence-electron chi connectivity index (χ0n) is 16.4. The van der Waals surface area contributed by atoms with Gasteiger partial charge >= 0.3 is 0 Å². The van der Waals surface area contributed by atoms with E-state index in [1.165, 1.54) is 18.2 Å². The molecule has 0 saturated heterocycles. The van der Waals surface area contributed by atoms with Gasteiger partial charge in [0.2, 0.25) is 11.7 Å². The first-order valence-electron chi connectivity index (χ1n) is 9.59. The maximum absolute atomic E-state index is 13.4. The number of amides is 1. The fourth-order valence-electron chi connectivity index (χ4n) is 3.08. The van der Waals surface area contributed by atoms with Gasteiger partial charge in [-0.25, -0.2) is 14.0 Å². The van der Waals surface area contributed by atoms with Crippen molar-refractivity contribution in [3.63, 3.8) is 0 Å². The van der Waals surface area contributed by atoms with Crippen molar-refractivity contribution in [2.45, 2.75) is 25.7 Å².